The van der Waals surface area contributed by atoms with Gasteiger partial charge in [0.2, 0.25) is 0 Å². The molecule has 6 saturated carbocycles. The predicted octanol–water partition coefficient (Wildman–Crippen LogP) is 4.81. The molecule has 26 heavy (non-hydrogen) atoms. The Morgan fingerprint density at radius 2 is 1.96 bits per heavy atom. The Morgan fingerprint density at radius 1 is 1.15 bits per heavy atom. The van der Waals surface area contributed by atoms with Gasteiger partial charge in [-0.1, -0.05) is 13.8 Å². The number of halogens is 1. The quantitative estimate of drug-likeness (QED) is 0.448. The van der Waals surface area contributed by atoms with Crippen LogP contribution in [0.4, 0.5) is 0 Å². The highest BCUT2D eigenvalue weighted by Crippen LogP contribution is 2.79. The van der Waals surface area contributed by atoms with Crippen molar-refractivity contribution in [1.29, 1.82) is 0 Å². The van der Waals surface area contributed by atoms with E-state index in [2.05, 4.69) is 35.1 Å². The van der Waals surface area contributed by atoms with Crippen LogP contribution in [-0.2, 0) is 8.98 Å². The highest BCUT2D eigenvalue weighted by molar-refractivity contribution is 14.2. The summed E-state index contributed by atoms with van der Waals surface area (Å²) in [5.41, 5.74) is -0.568. The molecule has 0 bridgehead atoms. The van der Waals surface area contributed by atoms with Crippen molar-refractivity contribution < 1.29 is 14.1 Å². The van der Waals surface area contributed by atoms with Crippen LogP contribution in [0.5, 0.6) is 0 Å². The smallest absolute Gasteiger partial charge is 0.142 e. The maximum atomic E-state index is 13.0. The first kappa shape index (κ1) is 17.5. The number of Topliss-reactive ketones (excluding diaryl/α,β-unsaturated/α-hetero) is 1. The van der Waals surface area contributed by atoms with Crippen LogP contribution in [-0.4, -0.2) is 22.6 Å². The second-order valence-corrected chi connectivity index (χ2v) is 12.3. The third-order valence-electron chi connectivity index (χ3n) is 10.2. The lowest BCUT2D eigenvalue weighted by molar-refractivity contribution is -0.222. The van der Waals surface area contributed by atoms with Gasteiger partial charge in [-0.25, -0.2) is 0 Å². The van der Waals surface area contributed by atoms with Crippen molar-refractivity contribution in [2.24, 2.45) is 52.3 Å². The molecule has 0 aromatic heterocycles. The zero-order valence-electron chi connectivity index (χ0n) is 15.6. The van der Waals surface area contributed by atoms with Gasteiger partial charge in [0, 0.05) is 39.0 Å². The second-order valence-electron chi connectivity index (χ2n) is 10.9. The molecular weight excluding hydrogens is 459 g/mol. The van der Waals surface area contributed by atoms with Gasteiger partial charge in [-0.15, -0.1) is 0 Å². The molecule has 5 heteroatoms. The van der Waals surface area contributed by atoms with Gasteiger partial charge in [-0.3, -0.25) is 4.79 Å². The van der Waals surface area contributed by atoms with E-state index in [0.29, 0.717) is 47.2 Å². The third kappa shape index (κ3) is 1.88. The van der Waals surface area contributed by atoms with E-state index in [4.69, 9.17) is 4.18 Å². The third-order valence-corrected chi connectivity index (χ3v) is 11.2. The lowest BCUT2D eigenvalue weighted by Gasteiger charge is -2.63. The largest absolute Gasteiger partial charge is 0.389 e. The van der Waals surface area contributed by atoms with Crippen LogP contribution in [0, 0.1) is 52.3 Å². The van der Waals surface area contributed by atoms with E-state index in [1.165, 1.54) is 22.1 Å². The van der Waals surface area contributed by atoms with Crippen LogP contribution in [0.25, 0.3) is 0 Å². The van der Waals surface area contributed by atoms with E-state index in [1.54, 1.807) is 0 Å². The summed E-state index contributed by atoms with van der Waals surface area (Å²) >= 11 is 2.20. The number of carbonyl (C=O) groups excluding carboxylic acids is 1. The molecule has 11 unspecified atom stereocenters. The van der Waals surface area contributed by atoms with Gasteiger partial charge in [0.15, 0.2) is 0 Å². The van der Waals surface area contributed by atoms with Crippen LogP contribution >= 0.6 is 30.4 Å². The number of aliphatic hydroxyl groups is 1. The van der Waals surface area contributed by atoms with Gasteiger partial charge in [-0.2, -0.15) is 0 Å². The van der Waals surface area contributed by atoms with Gasteiger partial charge in [0.05, 0.1) is 20.9 Å². The zero-order chi connectivity index (χ0) is 18.1. The van der Waals surface area contributed by atoms with Crippen molar-refractivity contribution in [3.8, 4) is 0 Å². The normalized spacial score (nSPS) is 64.7. The van der Waals surface area contributed by atoms with Gasteiger partial charge in [-0.05, 0) is 79.4 Å². The Morgan fingerprint density at radius 3 is 2.73 bits per heavy atom. The van der Waals surface area contributed by atoms with E-state index in [-0.39, 0.29) is 16.9 Å². The zero-order valence-corrected chi connectivity index (χ0v) is 18.6. The van der Waals surface area contributed by atoms with Crippen LogP contribution in [0.3, 0.4) is 0 Å². The summed E-state index contributed by atoms with van der Waals surface area (Å²) in [6.45, 7) is 4.70. The van der Waals surface area contributed by atoms with Crippen molar-refractivity contribution in [2.75, 3.05) is 0 Å². The minimum Gasteiger partial charge on any atom is -0.389 e. The Balaban J connectivity index is 1.38. The molecule has 11 atom stereocenters. The molecule has 0 radical (unpaired) electrons. The minimum atomic E-state index is -0.548. The molecule has 6 fully saturated rings. The highest BCUT2D eigenvalue weighted by Gasteiger charge is 2.78. The highest BCUT2D eigenvalue weighted by atomic mass is 127. The van der Waals surface area contributed by atoms with Gasteiger partial charge >= 0.3 is 0 Å². The maximum Gasteiger partial charge on any atom is 0.142 e. The minimum absolute atomic E-state index is 0.0164. The second kappa shape index (κ2) is 5.23. The van der Waals surface area contributed by atoms with E-state index >= 15 is 0 Å². The van der Waals surface area contributed by atoms with E-state index in [0.717, 1.165) is 32.1 Å². The van der Waals surface area contributed by atoms with Crippen molar-refractivity contribution >= 4 is 36.2 Å². The first-order valence-corrected chi connectivity index (χ1v) is 13.8. The van der Waals surface area contributed by atoms with Crippen LogP contribution in [0.2, 0.25) is 0 Å². The Labute approximate surface area is 172 Å². The Hall–Kier alpha value is 0.670. The first-order valence-electron chi connectivity index (χ1n) is 10.6. The van der Waals surface area contributed by atoms with Crippen LogP contribution < -0.4 is 0 Å². The van der Waals surface area contributed by atoms with Crippen LogP contribution in [0.1, 0.15) is 58.8 Å². The number of rotatable bonds is 2. The summed E-state index contributed by atoms with van der Waals surface area (Å²) in [6.07, 6.45) is 7.75. The number of carbonyl (C=O) groups is 1. The lowest BCUT2D eigenvalue weighted by Crippen LogP contribution is -2.64. The number of ketones is 1. The van der Waals surface area contributed by atoms with Crippen molar-refractivity contribution in [2.45, 2.75) is 70.5 Å². The Bertz CT molecular complexity index is 686. The average molecular weight is 488 g/mol. The predicted molar refractivity (Wildman–Crippen MR) is 109 cm³/mol. The summed E-state index contributed by atoms with van der Waals surface area (Å²) in [6, 6.07) is 0. The van der Waals surface area contributed by atoms with E-state index in [1.807, 2.05) is 0 Å². The summed E-state index contributed by atoms with van der Waals surface area (Å²) in [5.74, 6) is 4.73. The van der Waals surface area contributed by atoms with Crippen molar-refractivity contribution in [3.05, 3.63) is 0 Å². The molecule has 144 valence electrons. The molecule has 0 spiro atoms. The van der Waals surface area contributed by atoms with Crippen LogP contribution in [0.15, 0.2) is 0 Å². The maximum absolute atomic E-state index is 13.0. The molecular formula is C21H29IO3S. The summed E-state index contributed by atoms with van der Waals surface area (Å²) < 4.78 is 5.87. The first-order chi connectivity index (χ1) is 12.3. The molecule has 6 rings (SSSR count). The fourth-order valence-electron chi connectivity index (χ4n) is 8.94. The fourth-order valence-corrected chi connectivity index (χ4v) is 10.1. The molecule has 0 saturated heterocycles. The monoisotopic (exact) mass is 488 g/mol. The SMILES string of the molecule is CC12CCC3C(C4CC4C4(O)CC(OSI)CCC34C)C1C1CC1C2=O. The summed E-state index contributed by atoms with van der Waals surface area (Å²) in [5, 5.41) is 12.0. The molecule has 0 aliphatic heterocycles. The lowest BCUT2D eigenvalue weighted by atomic mass is 9.43. The number of hydrogen-bond acceptors (Lipinski definition) is 4. The molecule has 0 aromatic carbocycles. The molecule has 0 aromatic rings. The fraction of sp³-hybridized carbons (Fsp3) is 0.952. The Kier molecular flexibility index (Phi) is 3.52. The van der Waals surface area contributed by atoms with Crippen molar-refractivity contribution in [1.82, 2.24) is 0 Å². The average Bonchev–Trinajstić information content (AvgIpc) is 3.49. The van der Waals surface area contributed by atoms with Gasteiger partial charge in [0.1, 0.15) is 5.78 Å². The van der Waals surface area contributed by atoms with Crippen molar-refractivity contribution in [3.63, 3.8) is 0 Å². The standard InChI is InChI=1S/C21H29IO3S/c1-19-5-4-14-16(17(19)11-7-12(11)18(19)23)13-8-15(13)21(24)9-10(25-26-22)3-6-20(14,21)2/h10-17,24H,3-9H2,1-2H3. The molecule has 0 heterocycles. The van der Waals surface area contributed by atoms with Gasteiger partial charge in [0.25, 0.3) is 0 Å². The molecule has 6 aliphatic carbocycles. The van der Waals surface area contributed by atoms with E-state index < -0.39 is 5.60 Å². The molecule has 3 nitrogen and oxygen atoms in total. The summed E-state index contributed by atoms with van der Waals surface area (Å²) in [7, 11) is 1.42. The van der Waals surface area contributed by atoms with Gasteiger partial charge < -0.3 is 9.29 Å². The van der Waals surface area contributed by atoms with E-state index in [9.17, 15) is 9.90 Å². The summed E-state index contributed by atoms with van der Waals surface area (Å²) in [4.78, 5) is 13.0. The number of hydrogen-bond donors (Lipinski definition) is 1. The molecule has 0 amide bonds. The number of fused-ring (bicyclic) bond motifs is 10. The molecule has 1 N–H and O–H groups in total. The molecule has 6 aliphatic rings. The topological polar surface area (TPSA) is 46.5 Å².